The fourth-order valence-corrected chi connectivity index (χ4v) is 4.67. The first-order valence-electron chi connectivity index (χ1n) is 8.68. The molecule has 0 aliphatic carbocycles. The number of piperidine rings is 1. The van der Waals surface area contributed by atoms with Crippen molar-refractivity contribution in [2.45, 2.75) is 23.8 Å². The smallest absolute Gasteiger partial charge is 0.244 e. The van der Waals surface area contributed by atoms with Crippen LogP contribution in [0.4, 0.5) is 10.1 Å². The van der Waals surface area contributed by atoms with Gasteiger partial charge in [-0.05, 0) is 49.2 Å². The molecule has 0 spiro atoms. The number of halogens is 1. The van der Waals surface area contributed by atoms with E-state index in [1.807, 2.05) is 0 Å². The Balaban J connectivity index is 1.68. The van der Waals surface area contributed by atoms with Gasteiger partial charge < -0.3 is 14.4 Å². The highest BCUT2D eigenvalue weighted by molar-refractivity contribution is 7.89. The first-order valence-corrected chi connectivity index (χ1v) is 10.2. The summed E-state index contributed by atoms with van der Waals surface area (Å²) in [6.45, 7) is 1.38. The van der Waals surface area contributed by atoms with E-state index in [1.54, 1.807) is 24.3 Å². The molecule has 1 fully saturated rings. The van der Waals surface area contributed by atoms with Crippen LogP contribution in [0, 0.1) is 5.82 Å². The van der Waals surface area contributed by atoms with Crippen LogP contribution >= 0.6 is 0 Å². The summed E-state index contributed by atoms with van der Waals surface area (Å²) in [7, 11) is -0.831. The third-order valence-electron chi connectivity index (χ3n) is 4.67. The molecule has 8 heteroatoms. The average molecular weight is 394 g/mol. The Morgan fingerprint density at radius 2 is 1.70 bits per heavy atom. The Hall–Kier alpha value is -2.32. The Morgan fingerprint density at radius 1 is 1.04 bits per heavy atom. The van der Waals surface area contributed by atoms with Gasteiger partial charge in [0, 0.05) is 30.9 Å². The number of sulfonamides is 1. The molecule has 2 aromatic carbocycles. The van der Waals surface area contributed by atoms with Gasteiger partial charge in [-0.15, -0.1) is 0 Å². The number of methoxy groups -OCH3 is 2. The van der Waals surface area contributed by atoms with Gasteiger partial charge >= 0.3 is 0 Å². The lowest BCUT2D eigenvalue weighted by Gasteiger charge is -2.33. The molecular weight excluding hydrogens is 371 g/mol. The molecule has 0 saturated carbocycles. The van der Waals surface area contributed by atoms with Crippen LogP contribution in [0.5, 0.6) is 11.5 Å². The van der Waals surface area contributed by atoms with Gasteiger partial charge in [0.25, 0.3) is 0 Å². The highest BCUT2D eigenvalue weighted by Gasteiger charge is 2.27. The van der Waals surface area contributed by atoms with E-state index < -0.39 is 10.0 Å². The van der Waals surface area contributed by atoms with Crippen LogP contribution in [0.2, 0.25) is 0 Å². The van der Waals surface area contributed by atoms with E-state index in [4.69, 9.17) is 9.47 Å². The summed E-state index contributed by atoms with van der Waals surface area (Å²) in [5, 5.41) is 0. The molecule has 0 amide bonds. The summed E-state index contributed by atoms with van der Waals surface area (Å²) in [5.74, 6) is 0.447. The zero-order valence-corrected chi connectivity index (χ0v) is 16.1. The second-order valence-corrected chi connectivity index (χ2v) is 8.06. The van der Waals surface area contributed by atoms with Crippen LogP contribution in [-0.4, -0.2) is 41.8 Å². The zero-order chi connectivity index (χ0) is 19.4. The first-order chi connectivity index (χ1) is 12.9. The van der Waals surface area contributed by atoms with Crippen molar-refractivity contribution in [2.75, 3.05) is 32.2 Å². The number of hydrogen-bond acceptors (Lipinski definition) is 5. The summed E-state index contributed by atoms with van der Waals surface area (Å²) in [6.07, 6.45) is 1.31. The number of anilines is 1. The van der Waals surface area contributed by atoms with Crippen molar-refractivity contribution in [1.29, 1.82) is 0 Å². The minimum absolute atomic E-state index is 0.0605. The van der Waals surface area contributed by atoms with Gasteiger partial charge in [0.2, 0.25) is 10.0 Å². The Bertz CT molecular complexity index is 879. The molecule has 0 bridgehead atoms. The molecule has 0 aromatic heterocycles. The number of hydrogen-bond donors (Lipinski definition) is 1. The lowest BCUT2D eigenvalue weighted by molar-refractivity contribution is 0.390. The van der Waals surface area contributed by atoms with Crippen molar-refractivity contribution in [3.8, 4) is 11.5 Å². The topological polar surface area (TPSA) is 67.9 Å². The van der Waals surface area contributed by atoms with Crippen LogP contribution < -0.4 is 19.1 Å². The SMILES string of the molecule is COc1ccc(OC)c(S(=O)(=O)NC2CCN(c3ccc(F)cc3)CC2)c1. The quantitative estimate of drug-likeness (QED) is 0.816. The standard InChI is InChI=1S/C19H23FN2O4S/c1-25-17-7-8-18(26-2)19(13-17)27(23,24)21-15-9-11-22(12-10-15)16-5-3-14(20)4-6-16/h3-8,13,15,21H,9-12H2,1-2H3. The lowest BCUT2D eigenvalue weighted by atomic mass is 10.1. The minimum atomic E-state index is -3.75. The monoisotopic (exact) mass is 394 g/mol. The van der Waals surface area contributed by atoms with Gasteiger partial charge in [-0.2, -0.15) is 0 Å². The fraction of sp³-hybridized carbons (Fsp3) is 0.368. The molecule has 0 unspecified atom stereocenters. The normalized spacial score (nSPS) is 15.6. The number of ether oxygens (including phenoxy) is 2. The third-order valence-corrected chi connectivity index (χ3v) is 6.21. The van der Waals surface area contributed by atoms with Crippen molar-refractivity contribution in [3.63, 3.8) is 0 Å². The highest BCUT2D eigenvalue weighted by atomic mass is 32.2. The Kier molecular flexibility index (Phi) is 5.86. The summed E-state index contributed by atoms with van der Waals surface area (Å²) in [5.41, 5.74) is 0.937. The van der Waals surface area contributed by atoms with E-state index in [-0.39, 0.29) is 22.5 Å². The second kappa shape index (κ2) is 8.14. The number of nitrogens with one attached hydrogen (secondary N) is 1. The van der Waals surface area contributed by atoms with E-state index >= 15 is 0 Å². The van der Waals surface area contributed by atoms with Gasteiger partial charge in [-0.25, -0.2) is 17.5 Å². The number of rotatable bonds is 6. The molecule has 1 aliphatic rings. The van der Waals surface area contributed by atoms with Crippen molar-refractivity contribution >= 4 is 15.7 Å². The van der Waals surface area contributed by atoms with Gasteiger partial charge in [0.15, 0.2) is 0 Å². The highest BCUT2D eigenvalue weighted by Crippen LogP contribution is 2.29. The van der Waals surface area contributed by atoms with Crippen molar-refractivity contribution in [1.82, 2.24) is 4.72 Å². The fourth-order valence-electron chi connectivity index (χ4n) is 3.18. The Morgan fingerprint density at radius 3 is 2.30 bits per heavy atom. The van der Waals surface area contributed by atoms with Gasteiger partial charge in [-0.1, -0.05) is 0 Å². The van der Waals surface area contributed by atoms with Crippen LogP contribution in [-0.2, 0) is 10.0 Å². The molecule has 0 atom stereocenters. The summed E-state index contributed by atoms with van der Waals surface area (Å²) in [4.78, 5) is 2.18. The maximum Gasteiger partial charge on any atom is 0.244 e. The molecule has 27 heavy (non-hydrogen) atoms. The van der Waals surface area contributed by atoms with Crippen molar-refractivity contribution in [2.24, 2.45) is 0 Å². The lowest BCUT2D eigenvalue weighted by Crippen LogP contribution is -2.44. The predicted molar refractivity (Wildman–Crippen MR) is 102 cm³/mol. The van der Waals surface area contributed by atoms with E-state index in [0.29, 0.717) is 31.7 Å². The number of benzene rings is 2. The van der Waals surface area contributed by atoms with Crippen LogP contribution in [0.25, 0.3) is 0 Å². The molecule has 1 heterocycles. The van der Waals surface area contributed by atoms with E-state index in [2.05, 4.69) is 9.62 Å². The van der Waals surface area contributed by atoms with Gasteiger partial charge in [0.05, 0.1) is 14.2 Å². The molecular formula is C19H23FN2O4S. The molecule has 1 aliphatic heterocycles. The molecule has 1 saturated heterocycles. The van der Waals surface area contributed by atoms with Crippen LogP contribution in [0.1, 0.15) is 12.8 Å². The molecule has 3 rings (SSSR count). The summed E-state index contributed by atoms with van der Waals surface area (Å²) >= 11 is 0. The maximum absolute atomic E-state index is 13.1. The van der Waals surface area contributed by atoms with Crippen LogP contribution in [0.15, 0.2) is 47.4 Å². The van der Waals surface area contributed by atoms with E-state index in [0.717, 1.165) is 5.69 Å². The number of nitrogens with zero attached hydrogens (tertiary/aromatic N) is 1. The van der Waals surface area contributed by atoms with Gasteiger partial charge in [-0.3, -0.25) is 0 Å². The van der Waals surface area contributed by atoms with E-state index in [9.17, 15) is 12.8 Å². The summed E-state index contributed by atoms with van der Waals surface area (Å²) in [6, 6.07) is 10.8. The van der Waals surface area contributed by atoms with E-state index in [1.165, 1.54) is 32.4 Å². The molecule has 6 nitrogen and oxygen atoms in total. The largest absolute Gasteiger partial charge is 0.497 e. The molecule has 0 radical (unpaired) electrons. The maximum atomic E-state index is 13.1. The van der Waals surface area contributed by atoms with Crippen LogP contribution in [0.3, 0.4) is 0 Å². The predicted octanol–water partition coefficient (Wildman–Crippen LogP) is 2.79. The van der Waals surface area contributed by atoms with Gasteiger partial charge in [0.1, 0.15) is 22.2 Å². The third kappa shape index (κ3) is 4.51. The van der Waals surface area contributed by atoms with Crippen molar-refractivity contribution < 1.29 is 22.3 Å². The molecule has 2 aromatic rings. The minimum Gasteiger partial charge on any atom is -0.497 e. The second-order valence-electron chi connectivity index (χ2n) is 6.38. The summed E-state index contributed by atoms with van der Waals surface area (Å²) < 4.78 is 51.8. The molecule has 1 N–H and O–H groups in total. The Labute approximate surface area is 159 Å². The molecule has 146 valence electrons. The first kappa shape index (κ1) is 19.4. The zero-order valence-electron chi connectivity index (χ0n) is 15.3. The van der Waals surface area contributed by atoms with Crippen molar-refractivity contribution in [3.05, 3.63) is 48.3 Å². The average Bonchev–Trinajstić information content (AvgIpc) is 2.68.